The fourth-order valence-corrected chi connectivity index (χ4v) is 4.56. The monoisotopic (exact) mass is 341 g/mol. The summed E-state index contributed by atoms with van der Waals surface area (Å²) < 4.78 is 51.1. The Balaban J connectivity index is 1.72. The molecule has 2 heterocycles. The molecule has 0 amide bonds. The molecule has 0 saturated carbocycles. The van der Waals surface area contributed by atoms with E-state index in [1.165, 1.54) is 16.8 Å². The predicted octanol–water partition coefficient (Wildman–Crippen LogP) is 1.77. The van der Waals surface area contributed by atoms with Crippen molar-refractivity contribution < 1.29 is 17.2 Å². The molecule has 0 aliphatic carbocycles. The Morgan fingerprint density at radius 2 is 2.13 bits per heavy atom. The van der Waals surface area contributed by atoms with Gasteiger partial charge >= 0.3 is 0 Å². The Labute approximate surface area is 133 Å². The molecule has 1 aromatic heterocycles. The van der Waals surface area contributed by atoms with Crippen molar-refractivity contribution in [2.24, 2.45) is 0 Å². The lowest BCUT2D eigenvalue weighted by Crippen LogP contribution is -2.32. The molecule has 1 atom stereocenters. The number of sulfone groups is 1. The molecule has 0 spiro atoms. The maximum Gasteiger partial charge on any atom is 0.151 e. The van der Waals surface area contributed by atoms with Crippen molar-refractivity contribution in [3.05, 3.63) is 47.8 Å². The van der Waals surface area contributed by atoms with Gasteiger partial charge in [-0.2, -0.15) is 5.10 Å². The molecule has 8 heteroatoms. The third-order valence-electron chi connectivity index (χ3n) is 4.04. The van der Waals surface area contributed by atoms with Crippen LogP contribution in [0.3, 0.4) is 0 Å². The second-order valence-corrected chi connectivity index (χ2v) is 8.05. The third-order valence-corrected chi connectivity index (χ3v) is 5.79. The molecule has 1 unspecified atom stereocenters. The lowest BCUT2D eigenvalue weighted by Gasteiger charge is -2.21. The van der Waals surface area contributed by atoms with E-state index in [4.69, 9.17) is 0 Å². The van der Waals surface area contributed by atoms with Crippen LogP contribution in [0.5, 0.6) is 0 Å². The van der Waals surface area contributed by atoms with E-state index in [9.17, 15) is 17.2 Å². The summed E-state index contributed by atoms with van der Waals surface area (Å²) in [5, 5.41) is 4.28. The number of nitrogens with zero attached hydrogens (tertiary/aromatic N) is 3. The first-order valence-corrected chi connectivity index (χ1v) is 9.07. The van der Waals surface area contributed by atoms with Crippen molar-refractivity contribution in [3.8, 4) is 5.69 Å². The number of benzene rings is 1. The molecule has 0 N–H and O–H groups in total. The maximum atomic E-state index is 13.8. The fraction of sp³-hybridized carbons (Fsp3) is 0.400. The van der Waals surface area contributed by atoms with E-state index >= 15 is 0 Å². The second-order valence-electron chi connectivity index (χ2n) is 5.82. The molecular weight excluding hydrogens is 324 g/mol. The van der Waals surface area contributed by atoms with Gasteiger partial charge in [0.05, 0.1) is 17.2 Å². The summed E-state index contributed by atoms with van der Waals surface area (Å²) in [6.45, 7) is 0.468. The SMILES string of the molecule is CN(Cc1ccn(-c2ccc(F)cc2F)n1)C1CCS(=O)(=O)C1. The summed E-state index contributed by atoms with van der Waals surface area (Å²) in [5.41, 5.74) is 0.865. The van der Waals surface area contributed by atoms with E-state index in [2.05, 4.69) is 5.10 Å². The minimum atomic E-state index is -2.93. The van der Waals surface area contributed by atoms with Crippen molar-refractivity contribution in [3.63, 3.8) is 0 Å². The van der Waals surface area contributed by atoms with Crippen LogP contribution in [0.4, 0.5) is 8.78 Å². The summed E-state index contributed by atoms with van der Waals surface area (Å²) in [4.78, 5) is 1.94. The molecule has 5 nitrogen and oxygen atoms in total. The summed E-state index contributed by atoms with van der Waals surface area (Å²) in [7, 11) is -1.08. The molecule has 1 aliphatic heterocycles. The summed E-state index contributed by atoms with van der Waals surface area (Å²) in [6.07, 6.45) is 2.22. The van der Waals surface area contributed by atoms with Gasteiger partial charge in [0, 0.05) is 24.8 Å². The molecule has 0 radical (unpaired) electrons. The van der Waals surface area contributed by atoms with Crippen molar-refractivity contribution in [1.82, 2.24) is 14.7 Å². The van der Waals surface area contributed by atoms with E-state index in [1.807, 2.05) is 11.9 Å². The van der Waals surface area contributed by atoms with Gasteiger partial charge in [-0.3, -0.25) is 4.90 Å². The van der Waals surface area contributed by atoms with E-state index in [1.54, 1.807) is 12.3 Å². The van der Waals surface area contributed by atoms with E-state index in [0.29, 0.717) is 18.7 Å². The van der Waals surface area contributed by atoms with Crippen molar-refractivity contribution in [2.75, 3.05) is 18.6 Å². The van der Waals surface area contributed by atoms with Crippen LogP contribution in [0, 0.1) is 11.6 Å². The van der Waals surface area contributed by atoms with Crippen LogP contribution >= 0.6 is 0 Å². The average molecular weight is 341 g/mol. The average Bonchev–Trinajstić information content (AvgIpc) is 3.05. The van der Waals surface area contributed by atoms with Crippen LogP contribution in [-0.2, 0) is 16.4 Å². The van der Waals surface area contributed by atoms with Gasteiger partial charge < -0.3 is 0 Å². The van der Waals surface area contributed by atoms with Gasteiger partial charge in [0.1, 0.15) is 11.5 Å². The minimum absolute atomic E-state index is 0.0206. The summed E-state index contributed by atoms with van der Waals surface area (Å²) in [6, 6.07) is 5.03. The maximum absolute atomic E-state index is 13.8. The smallest absolute Gasteiger partial charge is 0.151 e. The molecule has 3 rings (SSSR count). The molecule has 1 fully saturated rings. The first-order chi connectivity index (χ1) is 10.8. The number of rotatable bonds is 4. The number of halogens is 2. The Kier molecular flexibility index (Phi) is 4.20. The van der Waals surface area contributed by atoms with Crippen molar-refractivity contribution in [1.29, 1.82) is 0 Å². The molecule has 1 aromatic carbocycles. The van der Waals surface area contributed by atoms with Crippen molar-refractivity contribution >= 4 is 9.84 Å². The molecular formula is C15H17F2N3O2S. The Hall–Kier alpha value is -1.80. The largest absolute Gasteiger partial charge is 0.296 e. The molecule has 1 saturated heterocycles. The van der Waals surface area contributed by atoms with Gasteiger partial charge in [-0.1, -0.05) is 0 Å². The van der Waals surface area contributed by atoms with Crippen LogP contribution < -0.4 is 0 Å². The van der Waals surface area contributed by atoms with Crippen LogP contribution in [0.15, 0.2) is 30.5 Å². The van der Waals surface area contributed by atoms with Gasteiger partial charge in [0.2, 0.25) is 0 Å². The Bertz CT molecular complexity index is 820. The highest BCUT2D eigenvalue weighted by molar-refractivity contribution is 7.91. The van der Waals surface area contributed by atoms with E-state index < -0.39 is 21.5 Å². The zero-order valence-electron chi connectivity index (χ0n) is 12.6. The minimum Gasteiger partial charge on any atom is -0.296 e. The summed E-state index contributed by atoms with van der Waals surface area (Å²) >= 11 is 0. The normalized spacial score (nSPS) is 20.3. The highest BCUT2D eigenvalue weighted by Gasteiger charge is 2.30. The third kappa shape index (κ3) is 3.59. The zero-order chi connectivity index (χ0) is 16.6. The molecule has 1 aliphatic rings. The number of aromatic nitrogens is 2. The second kappa shape index (κ2) is 6.01. The highest BCUT2D eigenvalue weighted by Crippen LogP contribution is 2.19. The topological polar surface area (TPSA) is 55.2 Å². The quantitative estimate of drug-likeness (QED) is 0.850. The van der Waals surface area contributed by atoms with Gasteiger partial charge in [-0.05, 0) is 31.7 Å². The van der Waals surface area contributed by atoms with Crippen LogP contribution in [0.2, 0.25) is 0 Å². The summed E-state index contributed by atoms with van der Waals surface area (Å²) in [5.74, 6) is -0.940. The van der Waals surface area contributed by atoms with Crippen LogP contribution in [0.1, 0.15) is 12.1 Å². The van der Waals surface area contributed by atoms with Crippen molar-refractivity contribution in [2.45, 2.75) is 19.0 Å². The zero-order valence-corrected chi connectivity index (χ0v) is 13.4. The first kappa shape index (κ1) is 16.1. The van der Waals surface area contributed by atoms with Crippen LogP contribution in [0.25, 0.3) is 5.69 Å². The molecule has 124 valence electrons. The number of hydrogen-bond acceptors (Lipinski definition) is 4. The number of hydrogen-bond donors (Lipinski definition) is 0. The van der Waals surface area contributed by atoms with Gasteiger partial charge in [0.25, 0.3) is 0 Å². The van der Waals surface area contributed by atoms with Crippen LogP contribution in [-0.4, -0.2) is 47.7 Å². The highest BCUT2D eigenvalue weighted by atomic mass is 32.2. The van der Waals surface area contributed by atoms with Gasteiger partial charge in [0.15, 0.2) is 15.7 Å². The standard InChI is InChI=1S/C15H17F2N3O2S/c1-19(13-5-7-23(21,22)10-13)9-12-4-6-20(18-12)15-3-2-11(16)8-14(15)17/h2-4,6,8,13H,5,7,9-10H2,1H3. The Morgan fingerprint density at radius 1 is 1.35 bits per heavy atom. The van der Waals surface area contributed by atoms with E-state index in [-0.39, 0.29) is 23.2 Å². The predicted molar refractivity (Wildman–Crippen MR) is 82.0 cm³/mol. The molecule has 0 bridgehead atoms. The van der Waals surface area contributed by atoms with Gasteiger partial charge in [-0.25, -0.2) is 21.9 Å². The Morgan fingerprint density at radius 3 is 2.78 bits per heavy atom. The van der Waals surface area contributed by atoms with Gasteiger partial charge in [-0.15, -0.1) is 0 Å². The molecule has 2 aromatic rings. The fourth-order valence-electron chi connectivity index (χ4n) is 2.75. The van der Waals surface area contributed by atoms with E-state index in [0.717, 1.165) is 6.07 Å². The molecule has 23 heavy (non-hydrogen) atoms. The first-order valence-electron chi connectivity index (χ1n) is 7.25. The lowest BCUT2D eigenvalue weighted by molar-refractivity contribution is 0.250. The lowest BCUT2D eigenvalue weighted by atomic mass is 10.2.